The van der Waals surface area contributed by atoms with Crippen LogP contribution in [0.1, 0.15) is 105 Å². The lowest BCUT2D eigenvalue weighted by atomic mass is 9.92. The Balaban J connectivity index is 0.000000276. The molecule has 1 N–H and O–H groups in total. The van der Waals surface area contributed by atoms with E-state index in [9.17, 15) is 54.0 Å². The Bertz CT molecular complexity index is 2940. The molecule has 0 saturated heterocycles. The first kappa shape index (κ1) is 64.8. The maximum absolute atomic E-state index is 12.7. The standard InChI is InChI=1S/C20H29N2O.C18H18F3NO3.C10H7F3O.C6H5NO.CHF3O3S/c1-13(2)16-8-7-9-17(14(3)4)20(16)21-10-19-22(12-21)18(11-23-19)15(5)6;1-24-15-9-7-14(8-10-15)22-16(11-17(23)25-2)12-3-5-13(6-4-12)18(19,20)21;11-10(12,13)9-5-3-8(4-6-9)2-1-7-14;8-7-6-4-2-1-3-5-6;2-1(3,4)8(5,6)7/h7-10,12-15,18H,11H2,1-6H3;3-10,16,22H,11H2,1-2H3;1-7H;1-5H;(H,5,6,7)/q+1;;;;/p-1/b;;2-1+;;/t18-;;;;/m1..../s1. The summed E-state index contributed by atoms with van der Waals surface area (Å²) in [6.07, 6.45) is -1.14. The number of methoxy groups -OCH3 is 2. The summed E-state index contributed by atoms with van der Waals surface area (Å²) in [6.45, 7) is 14.4. The van der Waals surface area contributed by atoms with Crippen molar-refractivity contribution in [2.24, 2.45) is 11.1 Å². The van der Waals surface area contributed by atoms with Crippen molar-refractivity contribution in [1.29, 1.82) is 0 Å². The predicted octanol–water partition coefficient (Wildman–Crippen LogP) is 14.1. The van der Waals surface area contributed by atoms with Gasteiger partial charge < -0.3 is 24.1 Å². The summed E-state index contributed by atoms with van der Waals surface area (Å²) in [5.41, 5.74) is -0.671. The number of nitrogens with zero attached hydrogens (tertiary/aromatic N) is 3. The fourth-order valence-electron chi connectivity index (χ4n) is 7.19. The smallest absolute Gasteiger partial charge is 0.485 e. The molecule has 1 aliphatic rings. The van der Waals surface area contributed by atoms with Gasteiger partial charge in [0.2, 0.25) is 0 Å². The zero-order valence-electron chi connectivity index (χ0n) is 43.6. The lowest BCUT2D eigenvalue weighted by Gasteiger charge is -2.20. The summed E-state index contributed by atoms with van der Waals surface area (Å²) in [5.74, 6) is 2.75. The van der Waals surface area contributed by atoms with Gasteiger partial charge in [-0.3, -0.25) is 9.59 Å². The van der Waals surface area contributed by atoms with E-state index in [1.54, 1.807) is 55.6 Å². The molecule has 0 bridgehead atoms. The third kappa shape index (κ3) is 20.1. The molecular formula is C55H59F9N4O9S. The number of benzene rings is 5. The molecule has 23 heteroatoms. The van der Waals surface area contributed by atoms with Crippen LogP contribution in [0.25, 0.3) is 11.8 Å². The molecule has 7 rings (SSSR count). The molecule has 0 saturated carbocycles. The fourth-order valence-corrected chi connectivity index (χ4v) is 7.19. The second-order valence-electron chi connectivity index (χ2n) is 17.9. The Kier molecular flexibility index (Phi) is 24.3. The van der Waals surface area contributed by atoms with Crippen LogP contribution in [0.2, 0.25) is 0 Å². The van der Waals surface area contributed by atoms with Crippen LogP contribution in [0.4, 0.5) is 50.9 Å². The highest BCUT2D eigenvalue weighted by molar-refractivity contribution is 7.86. The van der Waals surface area contributed by atoms with Gasteiger partial charge in [0.15, 0.2) is 16.3 Å². The molecule has 0 fully saturated rings. The largest absolute Gasteiger partial charge is 0.741 e. The number of fused-ring (bicyclic) bond motifs is 1. The molecule has 0 radical (unpaired) electrons. The minimum Gasteiger partial charge on any atom is -0.741 e. The first-order chi connectivity index (χ1) is 36.4. The Morgan fingerprint density at radius 1 is 0.782 bits per heavy atom. The van der Waals surface area contributed by atoms with Crippen molar-refractivity contribution in [3.63, 3.8) is 0 Å². The number of carbonyl (C=O) groups excluding carboxylic acids is 2. The van der Waals surface area contributed by atoms with Crippen molar-refractivity contribution >= 4 is 39.8 Å². The van der Waals surface area contributed by atoms with Gasteiger partial charge >= 0.3 is 29.7 Å². The molecule has 1 aliphatic heterocycles. The fraction of sp³-hybridized carbons (Fsp3) is 0.327. The van der Waals surface area contributed by atoms with Crippen LogP contribution in [0.15, 0.2) is 145 Å². The molecule has 5 aromatic carbocycles. The van der Waals surface area contributed by atoms with E-state index in [-0.39, 0.29) is 6.42 Å². The maximum atomic E-state index is 12.7. The number of para-hydroxylation sites is 1. The highest BCUT2D eigenvalue weighted by Gasteiger charge is 2.37. The van der Waals surface area contributed by atoms with Gasteiger partial charge in [-0.25, -0.2) is 8.42 Å². The number of carbonyl (C=O) groups is 2. The second kappa shape index (κ2) is 29.3. The Morgan fingerprint density at radius 3 is 1.71 bits per heavy atom. The lowest BCUT2D eigenvalue weighted by molar-refractivity contribution is -0.710. The Hall–Kier alpha value is -7.53. The van der Waals surface area contributed by atoms with Crippen molar-refractivity contribution in [3.05, 3.63) is 178 Å². The van der Waals surface area contributed by atoms with Crippen LogP contribution in [-0.4, -0.2) is 56.1 Å². The maximum Gasteiger partial charge on any atom is 0.485 e. The zero-order valence-corrected chi connectivity index (χ0v) is 44.4. The van der Waals surface area contributed by atoms with Crippen molar-refractivity contribution < 1.29 is 80.9 Å². The number of nitrogens with one attached hydrogen (secondary N) is 1. The number of nitroso groups, excluding NO2 is 1. The van der Waals surface area contributed by atoms with Crippen LogP contribution in [-0.2, 0) is 36.8 Å². The van der Waals surface area contributed by atoms with Gasteiger partial charge in [0, 0.05) is 16.8 Å². The highest BCUT2D eigenvalue weighted by Crippen LogP contribution is 2.35. The van der Waals surface area contributed by atoms with E-state index >= 15 is 0 Å². The Labute approximate surface area is 446 Å². The summed E-state index contributed by atoms with van der Waals surface area (Å²) in [7, 11) is -3.28. The van der Waals surface area contributed by atoms with Crippen LogP contribution in [0.3, 0.4) is 0 Å². The molecule has 1 aromatic heterocycles. The van der Waals surface area contributed by atoms with Gasteiger partial charge in [-0.1, -0.05) is 108 Å². The number of alkyl halides is 9. The predicted molar refractivity (Wildman–Crippen MR) is 275 cm³/mol. The number of aldehydes is 1. The number of ether oxygens (including phenoxy) is 3. The van der Waals surface area contributed by atoms with E-state index in [1.807, 2.05) is 6.07 Å². The molecule has 13 nitrogen and oxygen atoms in total. The number of aromatic nitrogens is 2. The SMILES string of the molecule is CC(C)c1cccc(C(C)C)c1-n1cc2[n+](c1)[C@@H](C(C)C)CO2.COC(=O)CC(Nc1ccc(OC)cc1)c1ccc(C(F)(F)F)cc1.O=C/C=C/c1ccc(C(F)(F)F)cc1.O=Nc1ccccc1.O=S(=O)([O-])C(F)(F)F. The monoisotopic (exact) mass is 1120 g/mol. The molecule has 78 heavy (non-hydrogen) atoms. The van der Waals surface area contributed by atoms with Crippen LogP contribution < -0.4 is 19.4 Å². The van der Waals surface area contributed by atoms with Crippen LogP contribution in [0.5, 0.6) is 11.6 Å². The Morgan fingerprint density at radius 2 is 1.29 bits per heavy atom. The van der Waals surface area contributed by atoms with Gasteiger partial charge in [0.1, 0.15) is 36.1 Å². The van der Waals surface area contributed by atoms with E-state index in [4.69, 9.17) is 22.4 Å². The molecule has 2 atom stereocenters. The number of allylic oxidation sites excluding steroid dienone is 1. The molecule has 0 amide bonds. The van der Waals surface area contributed by atoms with E-state index in [0.29, 0.717) is 58.3 Å². The minimum atomic E-state index is -6.09. The lowest BCUT2D eigenvalue weighted by Crippen LogP contribution is -2.38. The summed E-state index contributed by atoms with van der Waals surface area (Å²) in [5, 5.41) is 5.85. The average molecular weight is 1120 g/mol. The van der Waals surface area contributed by atoms with E-state index in [0.717, 1.165) is 36.8 Å². The minimum absolute atomic E-state index is 0.0199. The van der Waals surface area contributed by atoms with Gasteiger partial charge in [-0.2, -0.15) is 48.6 Å². The third-order valence-electron chi connectivity index (χ3n) is 11.3. The van der Waals surface area contributed by atoms with Crippen molar-refractivity contribution in [2.75, 3.05) is 26.1 Å². The highest BCUT2D eigenvalue weighted by atomic mass is 32.2. The van der Waals surface area contributed by atoms with E-state index < -0.39 is 51.1 Å². The average Bonchev–Trinajstić information content (AvgIpc) is 4.03. The zero-order chi connectivity index (χ0) is 58.6. The number of anilines is 1. The number of imidazole rings is 1. The van der Waals surface area contributed by atoms with Crippen molar-refractivity contribution in [3.8, 4) is 17.3 Å². The number of halogens is 9. The van der Waals surface area contributed by atoms with Crippen LogP contribution in [0, 0.1) is 10.8 Å². The molecular weight excluding hydrogens is 1060 g/mol. The summed E-state index contributed by atoms with van der Waals surface area (Å²) in [4.78, 5) is 31.3. The summed E-state index contributed by atoms with van der Waals surface area (Å²) >= 11 is 0. The normalized spacial score (nSPS) is 13.5. The molecule has 0 spiro atoms. The number of rotatable bonds is 13. The topological polar surface area (TPSA) is 169 Å². The second-order valence-corrected chi connectivity index (χ2v) is 19.3. The summed E-state index contributed by atoms with van der Waals surface area (Å²) in [6, 6.07) is 31.6. The molecule has 6 aromatic rings. The van der Waals surface area contributed by atoms with E-state index in [2.05, 4.69) is 96.6 Å². The van der Waals surface area contributed by atoms with Crippen molar-refractivity contribution in [2.45, 2.75) is 89.7 Å². The van der Waals surface area contributed by atoms with Crippen LogP contribution >= 0.6 is 0 Å². The number of hydrogen-bond donors (Lipinski definition) is 1. The van der Waals surface area contributed by atoms with Gasteiger partial charge in [-0.15, -0.1) is 4.91 Å². The van der Waals surface area contributed by atoms with Gasteiger partial charge in [-0.05, 0) is 101 Å². The first-order valence-corrected chi connectivity index (χ1v) is 25.1. The number of hydrogen-bond acceptors (Lipinski definition) is 11. The third-order valence-corrected chi connectivity index (χ3v) is 11.9. The molecule has 422 valence electrons. The van der Waals surface area contributed by atoms with Gasteiger partial charge in [0.05, 0.1) is 37.8 Å². The van der Waals surface area contributed by atoms with Gasteiger partial charge in [0.25, 0.3) is 6.33 Å². The molecule has 0 aliphatic carbocycles. The van der Waals surface area contributed by atoms with E-state index in [1.165, 1.54) is 60.3 Å². The first-order valence-electron chi connectivity index (χ1n) is 23.7. The molecule has 2 heterocycles. The van der Waals surface area contributed by atoms with Crippen molar-refractivity contribution in [1.82, 2.24) is 4.57 Å². The summed E-state index contributed by atoms with van der Waals surface area (Å²) < 4.78 is 154. The molecule has 1 unspecified atom stereocenters. The number of esters is 1. The quantitative estimate of drug-likeness (QED) is 0.0172.